The topological polar surface area (TPSA) is 37.2 Å². The van der Waals surface area contributed by atoms with Gasteiger partial charge < -0.3 is 15.1 Å². The van der Waals surface area contributed by atoms with E-state index in [1.165, 1.54) is 0 Å². The SMILES string of the molecule is S=C(NCc1ccco1)Nc1ccc(Cl)cc1. The minimum atomic E-state index is 0.545. The van der Waals surface area contributed by atoms with Crippen molar-refractivity contribution in [3.05, 3.63) is 53.4 Å². The first-order valence-electron chi connectivity index (χ1n) is 5.07. The Balaban J connectivity index is 1.83. The number of halogens is 1. The third-order valence-electron chi connectivity index (χ3n) is 2.11. The zero-order valence-electron chi connectivity index (χ0n) is 8.94. The zero-order chi connectivity index (χ0) is 12.1. The van der Waals surface area contributed by atoms with E-state index in [1.54, 1.807) is 18.4 Å². The highest BCUT2D eigenvalue weighted by atomic mass is 35.5. The van der Waals surface area contributed by atoms with Gasteiger partial charge in [-0.15, -0.1) is 0 Å². The van der Waals surface area contributed by atoms with Gasteiger partial charge >= 0.3 is 0 Å². The molecule has 88 valence electrons. The molecule has 1 aromatic carbocycles. The van der Waals surface area contributed by atoms with Crippen LogP contribution < -0.4 is 10.6 Å². The molecule has 0 atom stereocenters. The first-order valence-corrected chi connectivity index (χ1v) is 5.85. The van der Waals surface area contributed by atoms with Gasteiger partial charge in [-0.2, -0.15) is 0 Å². The van der Waals surface area contributed by atoms with Crippen LogP contribution in [0.1, 0.15) is 5.76 Å². The van der Waals surface area contributed by atoms with Crippen LogP contribution in [0.4, 0.5) is 5.69 Å². The van der Waals surface area contributed by atoms with Crippen molar-refractivity contribution < 1.29 is 4.42 Å². The molecule has 0 aliphatic carbocycles. The van der Waals surface area contributed by atoms with Crippen molar-refractivity contribution in [1.82, 2.24) is 5.32 Å². The average molecular weight is 267 g/mol. The molecule has 0 bridgehead atoms. The van der Waals surface area contributed by atoms with E-state index in [4.69, 9.17) is 28.2 Å². The Morgan fingerprint density at radius 2 is 2.00 bits per heavy atom. The molecule has 1 aromatic heterocycles. The monoisotopic (exact) mass is 266 g/mol. The fourth-order valence-corrected chi connectivity index (χ4v) is 1.61. The van der Waals surface area contributed by atoms with Crippen LogP contribution in [0.15, 0.2) is 47.1 Å². The van der Waals surface area contributed by atoms with Crippen molar-refractivity contribution in [2.45, 2.75) is 6.54 Å². The zero-order valence-corrected chi connectivity index (χ0v) is 10.5. The van der Waals surface area contributed by atoms with Gasteiger partial charge in [0.2, 0.25) is 0 Å². The van der Waals surface area contributed by atoms with Crippen molar-refractivity contribution in [2.75, 3.05) is 5.32 Å². The molecule has 1 heterocycles. The molecule has 0 radical (unpaired) electrons. The van der Waals surface area contributed by atoms with Crippen molar-refractivity contribution in [2.24, 2.45) is 0 Å². The molecule has 17 heavy (non-hydrogen) atoms. The van der Waals surface area contributed by atoms with E-state index in [1.807, 2.05) is 24.3 Å². The molecule has 0 saturated heterocycles. The summed E-state index contributed by atoms with van der Waals surface area (Å²) in [6, 6.07) is 11.1. The molecule has 0 spiro atoms. The van der Waals surface area contributed by atoms with Gasteiger partial charge in [-0.25, -0.2) is 0 Å². The Hall–Kier alpha value is -1.52. The first-order chi connectivity index (χ1) is 8.24. The summed E-state index contributed by atoms with van der Waals surface area (Å²) in [5, 5.41) is 7.34. The second-order valence-electron chi connectivity index (χ2n) is 3.39. The van der Waals surface area contributed by atoms with Crippen LogP contribution in [0.3, 0.4) is 0 Å². The molecule has 0 fully saturated rings. The summed E-state index contributed by atoms with van der Waals surface area (Å²) < 4.78 is 5.18. The highest BCUT2D eigenvalue weighted by Gasteiger charge is 1.99. The lowest BCUT2D eigenvalue weighted by molar-refractivity contribution is 0.503. The lowest BCUT2D eigenvalue weighted by atomic mass is 10.3. The van der Waals surface area contributed by atoms with Gasteiger partial charge in [-0.3, -0.25) is 0 Å². The van der Waals surface area contributed by atoms with E-state index in [0.717, 1.165) is 11.4 Å². The third-order valence-corrected chi connectivity index (χ3v) is 2.60. The Morgan fingerprint density at radius 3 is 2.65 bits per heavy atom. The van der Waals surface area contributed by atoms with Crippen molar-refractivity contribution in [1.29, 1.82) is 0 Å². The molecule has 0 aliphatic rings. The summed E-state index contributed by atoms with van der Waals surface area (Å²) >= 11 is 10.9. The minimum absolute atomic E-state index is 0.545. The van der Waals surface area contributed by atoms with E-state index in [-0.39, 0.29) is 0 Å². The average Bonchev–Trinajstić information content (AvgIpc) is 2.83. The van der Waals surface area contributed by atoms with Gasteiger partial charge in [0, 0.05) is 10.7 Å². The van der Waals surface area contributed by atoms with E-state index in [2.05, 4.69) is 10.6 Å². The maximum absolute atomic E-state index is 5.79. The molecule has 5 heteroatoms. The maximum Gasteiger partial charge on any atom is 0.171 e. The van der Waals surface area contributed by atoms with Crippen molar-refractivity contribution in [3.63, 3.8) is 0 Å². The molecule has 0 amide bonds. The Morgan fingerprint density at radius 1 is 1.24 bits per heavy atom. The minimum Gasteiger partial charge on any atom is -0.467 e. The van der Waals surface area contributed by atoms with Crippen LogP contribution in [0.2, 0.25) is 5.02 Å². The summed E-state index contributed by atoms with van der Waals surface area (Å²) in [5.41, 5.74) is 0.895. The molecule has 0 aliphatic heterocycles. The van der Waals surface area contributed by atoms with E-state index in [0.29, 0.717) is 16.7 Å². The van der Waals surface area contributed by atoms with Gasteiger partial charge in [0.1, 0.15) is 5.76 Å². The highest BCUT2D eigenvalue weighted by Crippen LogP contribution is 2.13. The van der Waals surface area contributed by atoms with Crippen LogP contribution in [-0.2, 0) is 6.54 Å². The van der Waals surface area contributed by atoms with Gasteiger partial charge in [0.05, 0.1) is 12.8 Å². The quantitative estimate of drug-likeness (QED) is 0.835. The normalized spacial score (nSPS) is 9.94. The largest absolute Gasteiger partial charge is 0.467 e. The number of anilines is 1. The van der Waals surface area contributed by atoms with Crippen LogP contribution >= 0.6 is 23.8 Å². The Kier molecular flexibility index (Phi) is 4.01. The van der Waals surface area contributed by atoms with Gasteiger partial charge in [-0.1, -0.05) is 11.6 Å². The van der Waals surface area contributed by atoms with Crippen LogP contribution in [0.5, 0.6) is 0 Å². The standard InChI is InChI=1S/C12H11ClN2OS/c13-9-3-5-10(6-4-9)15-12(17)14-8-11-2-1-7-16-11/h1-7H,8H2,(H2,14,15,17). The summed E-state index contributed by atoms with van der Waals surface area (Å²) in [6.45, 7) is 0.562. The molecule has 0 unspecified atom stereocenters. The van der Waals surface area contributed by atoms with Crippen LogP contribution in [0, 0.1) is 0 Å². The van der Waals surface area contributed by atoms with Crippen LogP contribution in [0.25, 0.3) is 0 Å². The second-order valence-corrected chi connectivity index (χ2v) is 4.24. The lowest BCUT2D eigenvalue weighted by Crippen LogP contribution is -2.27. The van der Waals surface area contributed by atoms with Crippen molar-refractivity contribution in [3.8, 4) is 0 Å². The summed E-state index contributed by atoms with van der Waals surface area (Å²) in [7, 11) is 0. The summed E-state index contributed by atoms with van der Waals surface area (Å²) in [6.07, 6.45) is 1.63. The number of benzene rings is 1. The predicted octanol–water partition coefficient (Wildman–Crippen LogP) is 3.42. The van der Waals surface area contributed by atoms with E-state index < -0.39 is 0 Å². The number of rotatable bonds is 3. The molecule has 0 saturated carbocycles. The number of furan rings is 1. The summed E-state index contributed by atoms with van der Waals surface area (Å²) in [4.78, 5) is 0. The molecular weight excluding hydrogens is 256 g/mol. The molecule has 2 N–H and O–H groups in total. The molecule has 2 rings (SSSR count). The smallest absolute Gasteiger partial charge is 0.171 e. The molecule has 2 aromatic rings. The Labute approximate surface area is 110 Å². The predicted molar refractivity (Wildman–Crippen MR) is 73.2 cm³/mol. The summed E-state index contributed by atoms with van der Waals surface area (Å²) in [5.74, 6) is 0.838. The fraction of sp³-hybridized carbons (Fsp3) is 0.0833. The number of thiocarbonyl (C=S) groups is 1. The number of hydrogen-bond acceptors (Lipinski definition) is 2. The van der Waals surface area contributed by atoms with Gasteiger partial charge in [0.25, 0.3) is 0 Å². The fourth-order valence-electron chi connectivity index (χ4n) is 1.29. The third kappa shape index (κ3) is 3.76. The lowest BCUT2D eigenvalue weighted by Gasteiger charge is -2.09. The molecule has 3 nitrogen and oxygen atoms in total. The number of hydrogen-bond donors (Lipinski definition) is 2. The van der Waals surface area contributed by atoms with Crippen molar-refractivity contribution >= 4 is 34.6 Å². The number of nitrogens with one attached hydrogen (secondary N) is 2. The maximum atomic E-state index is 5.79. The van der Waals surface area contributed by atoms with Gasteiger partial charge in [-0.05, 0) is 48.6 Å². The van der Waals surface area contributed by atoms with Crippen LogP contribution in [-0.4, -0.2) is 5.11 Å². The highest BCUT2D eigenvalue weighted by molar-refractivity contribution is 7.80. The Bertz CT molecular complexity index is 482. The van der Waals surface area contributed by atoms with E-state index in [9.17, 15) is 0 Å². The van der Waals surface area contributed by atoms with E-state index >= 15 is 0 Å². The van der Waals surface area contributed by atoms with Gasteiger partial charge in [0.15, 0.2) is 5.11 Å². The first kappa shape index (κ1) is 12.0. The molecular formula is C12H11ClN2OS. The second kappa shape index (κ2) is 5.70.